The zero-order valence-electron chi connectivity index (χ0n) is 10.7. The number of carbonyl (C=O) groups excluding carboxylic acids is 1. The number of nitrogens with one attached hydrogen (secondary N) is 2. The SMILES string of the molecule is CCNC(C)(C)C(=O)Nc1ccc([N+](=O)[O-])cc1. The van der Waals surface area contributed by atoms with Crippen LogP contribution in [0, 0.1) is 10.1 Å². The van der Waals surface area contributed by atoms with Gasteiger partial charge in [0.15, 0.2) is 0 Å². The molecule has 0 aliphatic rings. The van der Waals surface area contributed by atoms with Crippen molar-refractivity contribution in [2.24, 2.45) is 0 Å². The number of likely N-dealkylation sites (N-methyl/N-ethyl adjacent to an activating group) is 1. The van der Waals surface area contributed by atoms with Crippen molar-refractivity contribution in [3.8, 4) is 0 Å². The van der Waals surface area contributed by atoms with Crippen molar-refractivity contribution in [1.82, 2.24) is 5.32 Å². The van der Waals surface area contributed by atoms with Gasteiger partial charge in [-0.3, -0.25) is 14.9 Å². The molecule has 0 unspecified atom stereocenters. The average Bonchev–Trinajstić information content (AvgIpc) is 2.29. The first-order valence-corrected chi connectivity index (χ1v) is 5.67. The lowest BCUT2D eigenvalue weighted by atomic mass is 10.0. The largest absolute Gasteiger partial charge is 0.324 e. The number of rotatable bonds is 5. The van der Waals surface area contributed by atoms with Crippen LogP contribution in [-0.4, -0.2) is 22.9 Å². The number of non-ortho nitro benzene ring substituents is 1. The molecule has 1 aromatic carbocycles. The molecule has 0 saturated carbocycles. The quantitative estimate of drug-likeness (QED) is 0.618. The number of nitro benzene ring substituents is 1. The Morgan fingerprint density at radius 3 is 2.33 bits per heavy atom. The normalized spacial score (nSPS) is 11.1. The number of hydrogen-bond acceptors (Lipinski definition) is 4. The summed E-state index contributed by atoms with van der Waals surface area (Å²) in [6.45, 7) is 6.15. The Morgan fingerprint density at radius 2 is 1.89 bits per heavy atom. The fourth-order valence-electron chi connectivity index (χ4n) is 1.48. The minimum Gasteiger partial charge on any atom is -0.324 e. The Balaban J connectivity index is 2.73. The number of carbonyl (C=O) groups is 1. The van der Waals surface area contributed by atoms with E-state index < -0.39 is 10.5 Å². The molecule has 1 amide bonds. The van der Waals surface area contributed by atoms with Crippen LogP contribution in [0.5, 0.6) is 0 Å². The molecular weight excluding hydrogens is 234 g/mol. The molecule has 0 radical (unpaired) electrons. The van der Waals surface area contributed by atoms with E-state index in [4.69, 9.17) is 0 Å². The molecule has 0 fully saturated rings. The molecule has 1 rings (SSSR count). The van der Waals surface area contributed by atoms with Gasteiger partial charge >= 0.3 is 0 Å². The first kappa shape index (κ1) is 14.1. The van der Waals surface area contributed by atoms with Crippen LogP contribution in [0.4, 0.5) is 11.4 Å². The van der Waals surface area contributed by atoms with Crippen molar-refractivity contribution < 1.29 is 9.72 Å². The molecule has 6 heteroatoms. The number of amides is 1. The molecule has 0 heterocycles. The first-order chi connectivity index (χ1) is 8.36. The van der Waals surface area contributed by atoms with Gasteiger partial charge in [-0.25, -0.2) is 0 Å². The predicted octanol–water partition coefficient (Wildman–Crippen LogP) is 1.92. The van der Waals surface area contributed by atoms with Gasteiger partial charge in [-0.1, -0.05) is 6.92 Å². The second-order valence-corrected chi connectivity index (χ2v) is 4.41. The molecule has 0 bridgehead atoms. The van der Waals surface area contributed by atoms with Gasteiger partial charge in [-0.05, 0) is 32.5 Å². The summed E-state index contributed by atoms with van der Waals surface area (Å²) >= 11 is 0. The van der Waals surface area contributed by atoms with E-state index in [2.05, 4.69) is 10.6 Å². The summed E-state index contributed by atoms with van der Waals surface area (Å²) in [4.78, 5) is 21.9. The van der Waals surface area contributed by atoms with Crippen LogP contribution in [0.25, 0.3) is 0 Å². The third-order valence-electron chi connectivity index (χ3n) is 2.52. The molecule has 0 aliphatic heterocycles. The Labute approximate surface area is 106 Å². The summed E-state index contributed by atoms with van der Waals surface area (Å²) in [6.07, 6.45) is 0. The van der Waals surface area contributed by atoms with Gasteiger partial charge in [0.2, 0.25) is 5.91 Å². The van der Waals surface area contributed by atoms with Crippen LogP contribution < -0.4 is 10.6 Å². The second kappa shape index (κ2) is 5.59. The van der Waals surface area contributed by atoms with Crippen LogP contribution in [0.15, 0.2) is 24.3 Å². The summed E-state index contributed by atoms with van der Waals surface area (Å²) in [5.74, 6) is -0.182. The van der Waals surface area contributed by atoms with E-state index in [0.717, 1.165) is 0 Å². The minimum absolute atomic E-state index is 0.000979. The van der Waals surface area contributed by atoms with Crippen LogP contribution in [0.2, 0.25) is 0 Å². The van der Waals surface area contributed by atoms with Crippen molar-refractivity contribution in [3.63, 3.8) is 0 Å². The number of nitrogens with zero attached hydrogens (tertiary/aromatic N) is 1. The second-order valence-electron chi connectivity index (χ2n) is 4.41. The zero-order valence-corrected chi connectivity index (χ0v) is 10.7. The summed E-state index contributed by atoms with van der Waals surface area (Å²) in [5, 5.41) is 16.2. The fraction of sp³-hybridized carbons (Fsp3) is 0.417. The molecular formula is C12H17N3O3. The number of hydrogen-bond donors (Lipinski definition) is 2. The van der Waals surface area contributed by atoms with Crippen molar-refractivity contribution in [2.45, 2.75) is 26.3 Å². The van der Waals surface area contributed by atoms with E-state index in [9.17, 15) is 14.9 Å². The van der Waals surface area contributed by atoms with E-state index >= 15 is 0 Å². The highest BCUT2D eigenvalue weighted by molar-refractivity contribution is 5.97. The molecule has 98 valence electrons. The maximum absolute atomic E-state index is 11.9. The summed E-state index contributed by atoms with van der Waals surface area (Å²) in [5.41, 5.74) is -0.146. The topological polar surface area (TPSA) is 84.3 Å². The van der Waals surface area contributed by atoms with Crippen molar-refractivity contribution >= 4 is 17.3 Å². The molecule has 6 nitrogen and oxygen atoms in total. The molecule has 0 aromatic heterocycles. The molecule has 0 saturated heterocycles. The Hall–Kier alpha value is -1.95. The number of benzene rings is 1. The molecule has 18 heavy (non-hydrogen) atoms. The highest BCUT2D eigenvalue weighted by Crippen LogP contribution is 2.16. The van der Waals surface area contributed by atoms with E-state index in [1.807, 2.05) is 6.92 Å². The lowest BCUT2D eigenvalue weighted by Gasteiger charge is -2.24. The summed E-state index contributed by atoms with van der Waals surface area (Å²) < 4.78 is 0. The Kier molecular flexibility index (Phi) is 4.38. The zero-order chi connectivity index (χ0) is 13.8. The third-order valence-corrected chi connectivity index (χ3v) is 2.52. The molecule has 0 aliphatic carbocycles. The number of anilines is 1. The van der Waals surface area contributed by atoms with Crippen LogP contribution in [0.1, 0.15) is 20.8 Å². The highest BCUT2D eigenvalue weighted by Gasteiger charge is 2.26. The average molecular weight is 251 g/mol. The molecule has 0 atom stereocenters. The monoisotopic (exact) mass is 251 g/mol. The van der Waals surface area contributed by atoms with E-state index in [1.165, 1.54) is 24.3 Å². The lowest BCUT2D eigenvalue weighted by molar-refractivity contribution is -0.384. The van der Waals surface area contributed by atoms with Crippen molar-refractivity contribution in [3.05, 3.63) is 34.4 Å². The van der Waals surface area contributed by atoms with Gasteiger partial charge < -0.3 is 10.6 Å². The van der Waals surface area contributed by atoms with Gasteiger partial charge in [0.1, 0.15) is 0 Å². The highest BCUT2D eigenvalue weighted by atomic mass is 16.6. The predicted molar refractivity (Wildman–Crippen MR) is 69.5 cm³/mol. The Bertz CT molecular complexity index is 440. The molecule has 1 aromatic rings. The van der Waals surface area contributed by atoms with Gasteiger partial charge in [0.05, 0.1) is 10.5 Å². The van der Waals surface area contributed by atoms with Gasteiger partial charge in [-0.15, -0.1) is 0 Å². The van der Waals surface area contributed by atoms with Crippen molar-refractivity contribution in [2.75, 3.05) is 11.9 Å². The van der Waals surface area contributed by atoms with Gasteiger partial charge in [0.25, 0.3) is 5.69 Å². The van der Waals surface area contributed by atoms with E-state index in [0.29, 0.717) is 12.2 Å². The van der Waals surface area contributed by atoms with Gasteiger partial charge in [-0.2, -0.15) is 0 Å². The maximum Gasteiger partial charge on any atom is 0.269 e. The van der Waals surface area contributed by atoms with Crippen LogP contribution in [0.3, 0.4) is 0 Å². The fourth-order valence-corrected chi connectivity index (χ4v) is 1.48. The lowest BCUT2D eigenvalue weighted by Crippen LogP contribution is -2.49. The first-order valence-electron chi connectivity index (χ1n) is 5.67. The van der Waals surface area contributed by atoms with Crippen LogP contribution >= 0.6 is 0 Å². The Morgan fingerprint density at radius 1 is 1.33 bits per heavy atom. The molecule has 2 N–H and O–H groups in total. The van der Waals surface area contributed by atoms with Crippen molar-refractivity contribution in [1.29, 1.82) is 0 Å². The van der Waals surface area contributed by atoms with Crippen LogP contribution in [-0.2, 0) is 4.79 Å². The van der Waals surface area contributed by atoms with Gasteiger partial charge in [0, 0.05) is 17.8 Å². The summed E-state index contributed by atoms with van der Waals surface area (Å²) in [6, 6.07) is 5.74. The number of nitro groups is 1. The maximum atomic E-state index is 11.9. The summed E-state index contributed by atoms with van der Waals surface area (Å²) in [7, 11) is 0. The third kappa shape index (κ3) is 3.53. The van der Waals surface area contributed by atoms with E-state index in [-0.39, 0.29) is 11.6 Å². The smallest absolute Gasteiger partial charge is 0.269 e. The standard InChI is InChI=1S/C12H17N3O3/c1-4-13-12(2,3)11(16)14-9-5-7-10(8-6-9)15(17)18/h5-8,13H,4H2,1-3H3,(H,14,16). The molecule has 0 spiro atoms. The van der Waals surface area contributed by atoms with E-state index in [1.54, 1.807) is 13.8 Å². The minimum atomic E-state index is -0.684.